The van der Waals surface area contributed by atoms with Crippen molar-refractivity contribution in [3.63, 3.8) is 0 Å². The quantitative estimate of drug-likeness (QED) is 0.355. The van der Waals surface area contributed by atoms with E-state index in [-0.39, 0.29) is 40.3 Å². The van der Waals surface area contributed by atoms with Crippen LogP contribution in [0, 0.1) is 6.92 Å². The Hall–Kier alpha value is -3.60. The summed E-state index contributed by atoms with van der Waals surface area (Å²) in [7, 11) is 1.44. The van der Waals surface area contributed by atoms with E-state index in [9.17, 15) is 19.2 Å². The molecule has 35 heavy (non-hydrogen) atoms. The molecule has 0 spiro atoms. The van der Waals surface area contributed by atoms with Crippen molar-refractivity contribution in [1.29, 1.82) is 0 Å². The Morgan fingerprint density at radius 1 is 0.943 bits per heavy atom. The third-order valence-electron chi connectivity index (χ3n) is 4.44. The number of esters is 3. The number of amides is 1. The molecular weight excluding hydrogens is 478 g/mol. The van der Waals surface area contributed by atoms with Crippen LogP contribution in [0.2, 0.25) is 0 Å². The minimum Gasteiger partial charge on any atom is -0.493 e. The predicted molar refractivity (Wildman–Crippen MR) is 129 cm³/mol. The highest BCUT2D eigenvalue weighted by Gasteiger charge is 2.27. The molecule has 0 radical (unpaired) electrons. The van der Waals surface area contributed by atoms with Gasteiger partial charge in [0.2, 0.25) is 0 Å². The number of hydrogen-bond acceptors (Lipinski definition) is 10. The summed E-state index contributed by atoms with van der Waals surface area (Å²) in [5, 5.41) is 2.62. The number of anilines is 1. The van der Waals surface area contributed by atoms with Gasteiger partial charge in [-0.1, -0.05) is 0 Å². The zero-order valence-electron chi connectivity index (χ0n) is 20.5. The number of nitrogens with one attached hydrogen (secondary N) is 1. The zero-order chi connectivity index (χ0) is 26.1. The molecule has 190 valence electrons. The third-order valence-corrected chi connectivity index (χ3v) is 5.62. The van der Waals surface area contributed by atoms with Gasteiger partial charge in [0, 0.05) is 0 Å². The Labute approximate surface area is 207 Å². The van der Waals surface area contributed by atoms with Crippen LogP contribution in [0.15, 0.2) is 18.2 Å². The lowest BCUT2D eigenvalue weighted by atomic mass is 10.1. The van der Waals surface area contributed by atoms with Crippen molar-refractivity contribution in [3.8, 4) is 11.5 Å². The summed E-state index contributed by atoms with van der Waals surface area (Å²) in [5.74, 6) is -1.96. The maximum absolute atomic E-state index is 12.5. The molecule has 2 aromatic rings. The van der Waals surface area contributed by atoms with E-state index in [0.29, 0.717) is 17.1 Å². The summed E-state index contributed by atoms with van der Waals surface area (Å²) in [6.07, 6.45) is -0.0878. The molecule has 1 aromatic carbocycles. The summed E-state index contributed by atoms with van der Waals surface area (Å²) in [4.78, 5) is 49.8. The minimum atomic E-state index is -0.755. The van der Waals surface area contributed by atoms with Crippen molar-refractivity contribution in [2.75, 3.05) is 32.2 Å². The first kappa shape index (κ1) is 27.6. The third kappa shape index (κ3) is 7.19. The molecule has 0 fully saturated rings. The Balaban J connectivity index is 2.14. The van der Waals surface area contributed by atoms with Gasteiger partial charge in [-0.2, -0.15) is 0 Å². The van der Waals surface area contributed by atoms with Crippen molar-refractivity contribution in [1.82, 2.24) is 0 Å². The molecule has 2 rings (SSSR count). The topological polar surface area (TPSA) is 126 Å². The highest BCUT2D eigenvalue weighted by Crippen LogP contribution is 2.34. The average molecular weight is 508 g/mol. The van der Waals surface area contributed by atoms with E-state index in [2.05, 4.69) is 5.32 Å². The zero-order valence-corrected chi connectivity index (χ0v) is 21.3. The van der Waals surface area contributed by atoms with Gasteiger partial charge in [0.1, 0.15) is 9.88 Å². The molecule has 0 bridgehead atoms. The van der Waals surface area contributed by atoms with Crippen LogP contribution in [0.4, 0.5) is 5.00 Å². The Morgan fingerprint density at radius 2 is 1.60 bits per heavy atom. The fourth-order valence-corrected chi connectivity index (χ4v) is 4.07. The highest BCUT2D eigenvalue weighted by molar-refractivity contribution is 7.18. The average Bonchev–Trinajstić information content (AvgIpc) is 3.13. The molecule has 0 aliphatic rings. The lowest BCUT2D eigenvalue weighted by Gasteiger charge is -2.14. The number of ether oxygens (including phenoxy) is 5. The lowest BCUT2D eigenvalue weighted by molar-refractivity contribution is -0.119. The number of carbonyl (C=O) groups excluding carboxylic acids is 4. The van der Waals surface area contributed by atoms with Crippen molar-refractivity contribution >= 4 is 40.2 Å². The molecule has 11 heteroatoms. The second-order valence-electron chi connectivity index (χ2n) is 7.36. The summed E-state index contributed by atoms with van der Waals surface area (Å²) >= 11 is 0.880. The largest absolute Gasteiger partial charge is 0.493 e. The summed E-state index contributed by atoms with van der Waals surface area (Å²) in [6, 6.07) is 4.52. The summed E-state index contributed by atoms with van der Waals surface area (Å²) in [5.41, 5.74) is 0.537. The molecule has 10 nitrogen and oxygen atoms in total. The van der Waals surface area contributed by atoms with E-state index >= 15 is 0 Å². The maximum atomic E-state index is 12.5. The molecule has 1 aromatic heterocycles. The van der Waals surface area contributed by atoms with E-state index in [0.717, 1.165) is 11.3 Å². The van der Waals surface area contributed by atoms with Crippen molar-refractivity contribution in [2.24, 2.45) is 0 Å². The standard InChI is InChI=1S/C24H29NO9S/c1-7-31-23(28)19-14(5)20(24(29)32-8-2)35-21(19)25-18(26)12-33-22(27)15-9-10-16(34-13(3)4)17(11-15)30-6/h9-11,13H,7-8,12H2,1-6H3,(H,25,26). The Kier molecular flexibility index (Phi) is 10.1. The Morgan fingerprint density at radius 3 is 2.20 bits per heavy atom. The van der Waals surface area contributed by atoms with Gasteiger partial charge in [-0.15, -0.1) is 11.3 Å². The summed E-state index contributed by atoms with van der Waals surface area (Å²) in [6.45, 7) is 8.21. The molecular formula is C24H29NO9S. The number of rotatable bonds is 11. The molecule has 0 saturated carbocycles. The van der Waals surface area contributed by atoms with Crippen LogP contribution < -0.4 is 14.8 Å². The first-order chi connectivity index (χ1) is 16.6. The molecule has 0 aliphatic carbocycles. The maximum Gasteiger partial charge on any atom is 0.348 e. The molecule has 1 N–H and O–H groups in total. The Bertz CT molecular complexity index is 1090. The van der Waals surface area contributed by atoms with Crippen LogP contribution in [-0.2, 0) is 19.0 Å². The molecule has 0 aliphatic heterocycles. The molecule has 1 amide bonds. The predicted octanol–water partition coefficient (Wildman–Crippen LogP) is 4.00. The SMILES string of the molecule is CCOC(=O)c1sc(NC(=O)COC(=O)c2ccc(OC(C)C)c(OC)c2)c(C(=O)OCC)c1C. The van der Waals surface area contributed by atoms with Gasteiger partial charge in [-0.3, -0.25) is 4.79 Å². The first-order valence-corrected chi connectivity index (χ1v) is 11.7. The van der Waals surface area contributed by atoms with E-state index in [1.807, 2.05) is 13.8 Å². The van der Waals surface area contributed by atoms with Gasteiger partial charge in [-0.05, 0) is 58.4 Å². The monoisotopic (exact) mass is 507 g/mol. The van der Waals surface area contributed by atoms with Crippen LogP contribution in [0.3, 0.4) is 0 Å². The molecule has 0 saturated heterocycles. The number of carbonyl (C=O) groups is 4. The number of methoxy groups -OCH3 is 1. The van der Waals surface area contributed by atoms with E-state index in [4.69, 9.17) is 23.7 Å². The normalized spacial score (nSPS) is 10.5. The summed E-state index contributed by atoms with van der Waals surface area (Å²) < 4.78 is 26.0. The van der Waals surface area contributed by atoms with Crippen LogP contribution >= 0.6 is 11.3 Å². The number of benzene rings is 1. The van der Waals surface area contributed by atoms with Crippen LogP contribution in [0.5, 0.6) is 11.5 Å². The van der Waals surface area contributed by atoms with E-state index < -0.39 is 30.4 Å². The molecule has 0 atom stereocenters. The van der Waals surface area contributed by atoms with Crippen molar-refractivity contribution in [2.45, 2.75) is 40.7 Å². The molecule has 1 heterocycles. The van der Waals surface area contributed by atoms with Crippen molar-refractivity contribution in [3.05, 3.63) is 39.8 Å². The fraction of sp³-hybridized carbons (Fsp3) is 0.417. The van der Waals surface area contributed by atoms with Gasteiger partial charge in [-0.25, -0.2) is 14.4 Å². The van der Waals surface area contributed by atoms with Gasteiger partial charge < -0.3 is 29.0 Å². The smallest absolute Gasteiger partial charge is 0.348 e. The minimum absolute atomic E-state index is 0.0463. The van der Waals surface area contributed by atoms with Crippen LogP contribution in [0.25, 0.3) is 0 Å². The first-order valence-electron chi connectivity index (χ1n) is 10.9. The van der Waals surface area contributed by atoms with Gasteiger partial charge in [0.25, 0.3) is 5.91 Å². The highest BCUT2D eigenvalue weighted by atomic mass is 32.1. The second kappa shape index (κ2) is 12.7. The lowest BCUT2D eigenvalue weighted by Crippen LogP contribution is -2.22. The number of hydrogen-bond donors (Lipinski definition) is 1. The van der Waals surface area contributed by atoms with E-state index in [1.54, 1.807) is 26.8 Å². The van der Waals surface area contributed by atoms with Gasteiger partial charge in [0.05, 0.1) is 37.6 Å². The van der Waals surface area contributed by atoms with Gasteiger partial charge in [0.15, 0.2) is 18.1 Å². The second-order valence-corrected chi connectivity index (χ2v) is 8.38. The fourth-order valence-electron chi connectivity index (χ4n) is 2.96. The number of thiophene rings is 1. The van der Waals surface area contributed by atoms with Crippen molar-refractivity contribution < 1.29 is 42.9 Å². The molecule has 0 unspecified atom stereocenters. The van der Waals surface area contributed by atoms with Crippen LogP contribution in [0.1, 0.15) is 63.6 Å². The van der Waals surface area contributed by atoms with Gasteiger partial charge >= 0.3 is 17.9 Å². The van der Waals surface area contributed by atoms with E-state index in [1.165, 1.54) is 19.2 Å². The van der Waals surface area contributed by atoms with Crippen LogP contribution in [-0.4, -0.2) is 56.8 Å².